The van der Waals surface area contributed by atoms with E-state index in [4.69, 9.17) is 5.11 Å². The molecule has 0 amide bonds. The van der Waals surface area contributed by atoms with Crippen molar-refractivity contribution in [2.24, 2.45) is 0 Å². The van der Waals surface area contributed by atoms with Crippen molar-refractivity contribution >= 4 is 5.97 Å². The smallest absolute Gasteiger partial charge is 0.303 e. The third-order valence-corrected chi connectivity index (χ3v) is 2.76. The van der Waals surface area contributed by atoms with Gasteiger partial charge in [0.15, 0.2) is 0 Å². The first kappa shape index (κ1) is 19.2. The van der Waals surface area contributed by atoms with Gasteiger partial charge in [-0.3, -0.25) is 4.79 Å². The fourth-order valence-corrected chi connectivity index (χ4v) is 1.58. The highest BCUT2D eigenvalue weighted by molar-refractivity contribution is 5.66. The summed E-state index contributed by atoms with van der Waals surface area (Å²) in [7, 11) is 0. The van der Waals surface area contributed by atoms with Crippen molar-refractivity contribution in [1.29, 1.82) is 0 Å². The highest BCUT2D eigenvalue weighted by Gasteiger charge is 1.90. The summed E-state index contributed by atoms with van der Waals surface area (Å²) in [5.74, 6) is -0.764. The zero-order valence-electron chi connectivity index (χ0n) is 13.1. The molecule has 0 saturated carbocycles. The van der Waals surface area contributed by atoms with Crippen LogP contribution in [0.15, 0.2) is 54.3 Å². The number of allylic oxidation sites excluding steroid dienone is 7. The topological polar surface area (TPSA) is 37.3 Å². The second-order valence-corrected chi connectivity index (χ2v) is 4.77. The van der Waals surface area contributed by atoms with Gasteiger partial charge in [0.25, 0.3) is 0 Å². The lowest BCUT2D eigenvalue weighted by atomic mass is 10.2. The summed E-state index contributed by atoms with van der Waals surface area (Å²) in [5.41, 5.74) is 2.98. The van der Waals surface area contributed by atoms with Crippen LogP contribution in [-0.4, -0.2) is 11.1 Å². The molecule has 0 aromatic heterocycles. The van der Waals surface area contributed by atoms with E-state index in [0.29, 0.717) is 6.42 Å². The van der Waals surface area contributed by atoms with Crippen LogP contribution in [0.3, 0.4) is 0 Å². The molecular weight excluding hydrogens is 260 g/mol. The van der Waals surface area contributed by atoms with Crippen LogP contribution in [0, 0.1) is 0 Å². The maximum Gasteiger partial charge on any atom is 0.303 e. The molecule has 0 aliphatic rings. The quantitative estimate of drug-likeness (QED) is 0.289. The normalized spacial score (nSPS) is 11.3. The van der Waals surface area contributed by atoms with Gasteiger partial charge in [-0.05, 0) is 44.3 Å². The van der Waals surface area contributed by atoms with E-state index in [9.17, 15) is 4.79 Å². The Kier molecular flexibility index (Phi) is 14.9. The molecule has 0 rings (SSSR count). The molecule has 0 unspecified atom stereocenters. The second-order valence-electron chi connectivity index (χ2n) is 4.77. The first-order valence-electron chi connectivity index (χ1n) is 7.83. The number of carboxylic acids is 1. The monoisotopic (exact) mass is 288 g/mol. The molecule has 0 aliphatic carbocycles. The van der Waals surface area contributed by atoms with Gasteiger partial charge in [-0.1, -0.05) is 56.2 Å². The molecule has 0 heterocycles. The van der Waals surface area contributed by atoms with Crippen molar-refractivity contribution in [3.63, 3.8) is 0 Å². The van der Waals surface area contributed by atoms with Gasteiger partial charge in [-0.25, -0.2) is 0 Å². The first-order chi connectivity index (χ1) is 10.3. The van der Waals surface area contributed by atoms with Crippen molar-refractivity contribution in [2.75, 3.05) is 0 Å². The predicted molar refractivity (Wildman–Crippen MR) is 90.3 cm³/mol. The van der Waals surface area contributed by atoms with Crippen LogP contribution in [0.4, 0.5) is 0 Å². The second kappa shape index (κ2) is 16.3. The number of carboxylic acid groups (broad SMARTS) is 1. The van der Waals surface area contributed by atoms with E-state index in [0.717, 1.165) is 19.3 Å². The minimum atomic E-state index is -0.764. The largest absolute Gasteiger partial charge is 0.481 e. The molecule has 1 N–H and O–H groups in total. The van der Waals surface area contributed by atoms with Gasteiger partial charge < -0.3 is 5.11 Å². The third kappa shape index (κ3) is 18.2. The van der Waals surface area contributed by atoms with Crippen molar-refractivity contribution in [1.82, 2.24) is 0 Å². The Morgan fingerprint density at radius 2 is 1.52 bits per heavy atom. The lowest BCUT2D eigenvalue weighted by molar-refractivity contribution is -0.136. The molecule has 0 saturated heterocycles. The molecule has 21 heavy (non-hydrogen) atoms. The zero-order chi connectivity index (χ0) is 15.6. The van der Waals surface area contributed by atoms with Crippen molar-refractivity contribution in [2.45, 2.75) is 58.3 Å². The SMILES string of the molecule is CCCCC=CCC=CCC=CCC=C=CCCC(=O)O. The molecule has 0 aromatic carbocycles. The number of aliphatic carboxylic acids is 1. The van der Waals surface area contributed by atoms with Gasteiger partial charge in [0.05, 0.1) is 0 Å². The van der Waals surface area contributed by atoms with Crippen LogP contribution in [0.5, 0.6) is 0 Å². The van der Waals surface area contributed by atoms with E-state index in [2.05, 4.69) is 49.1 Å². The van der Waals surface area contributed by atoms with Gasteiger partial charge in [0.1, 0.15) is 0 Å². The molecule has 0 aromatic rings. The Labute approximate surface area is 129 Å². The van der Waals surface area contributed by atoms with Gasteiger partial charge in [0.2, 0.25) is 0 Å². The summed E-state index contributed by atoms with van der Waals surface area (Å²) in [6, 6.07) is 0. The fraction of sp³-hybridized carbons (Fsp3) is 0.474. The summed E-state index contributed by atoms with van der Waals surface area (Å²) >= 11 is 0. The molecule has 0 aliphatic heterocycles. The Bertz CT molecular complexity index is 394. The maximum atomic E-state index is 10.3. The lowest BCUT2D eigenvalue weighted by Crippen LogP contribution is -1.91. The van der Waals surface area contributed by atoms with Crippen molar-refractivity contribution in [3.05, 3.63) is 54.3 Å². The highest BCUT2D eigenvalue weighted by Crippen LogP contribution is 1.97. The molecule has 0 spiro atoms. The molecule has 116 valence electrons. The fourth-order valence-electron chi connectivity index (χ4n) is 1.58. The summed E-state index contributed by atoms with van der Waals surface area (Å²) in [5, 5.41) is 8.45. The van der Waals surface area contributed by atoms with Crippen LogP contribution in [0.1, 0.15) is 58.3 Å². The van der Waals surface area contributed by atoms with Gasteiger partial charge in [-0.15, -0.1) is 5.73 Å². The minimum absolute atomic E-state index is 0.175. The van der Waals surface area contributed by atoms with E-state index in [-0.39, 0.29) is 6.42 Å². The average molecular weight is 288 g/mol. The third-order valence-electron chi connectivity index (χ3n) is 2.76. The van der Waals surface area contributed by atoms with Crippen LogP contribution < -0.4 is 0 Å². The number of hydrogen-bond donors (Lipinski definition) is 1. The minimum Gasteiger partial charge on any atom is -0.481 e. The first-order valence-corrected chi connectivity index (χ1v) is 7.83. The van der Waals surface area contributed by atoms with Gasteiger partial charge >= 0.3 is 5.97 Å². The molecule has 2 heteroatoms. The number of carbonyl (C=O) groups is 1. The zero-order valence-corrected chi connectivity index (χ0v) is 13.1. The standard InChI is InChI=1S/C19H28O2/c1-2-3-4-5-6-7-8-9-10-11-12-13-14-15-16-17-18-19(20)21/h5-6,8-9,11-12,14,16H,2-4,7,10,13,17-18H2,1H3,(H,20,21). The number of hydrogen-bond acceptors (Lipinski definition) is 1. The lowest BCUT2D eigenvalue weighted by Gasteiger charge is -1.87. The Hall–Kier alpha value is -1.79. The van der Waals surface area contributed by atoms with E-state index in [1.165, 1.54) is 19.3 Å². The summed E-state index contributed by atoms with van der Waals surface area (Å²) in [6.07, 6.45) is 24.0. The summed E-state index contributed by atoms with van der Waals surface area (Å²) < 4.78 is 0. The van der Waals surface area contributed by atoms with Crippen molar-refractivity contribution in [3.8, 4) is 0 Å². The molecule has 0 radical (unpaired) electrons. The van der Waals surface area contributed by atoms with E-state index in [1.54, 1.807) is 6.08 Å². The van der Waals surface area contributed by atoms with E-state index < -0.39 is 5.97 Å². The van der Waals surface area contributed by atoms with Gasteiger partial charge in [-0.2, -0.15) is 0 Å². The Morgan fingerprint density at radius 3 is 2.14 bits per heavy atom. The summed E-state index contributed by atoms with van der Waals surface area (Å²) in [6.45, 7) is 2.21. The molecule has 2 nitrogen and oxygen atoms in total. The van der Waals surface area contributed by atoms with Crippen molar-refractivity contribution < 1.29 is 9.90 Å². The van der Waals surface area contributed by atoms with Crippen LogP contribution in [0.25, 0.3) is 0 Å². The number of rotatable bonds is 12. The molecule has 0 atom stereocenters. The molecular formula is C19H28O2. The van der Waals surface area contributed by atoms with E-state index >= 15 is 0 Å². The van der Waals surface area contributed by atoms with Crippen LogP contribution >= 0.6 is 0 Å². The van der Waals surface area contributed by atoms with E-state index in [1.807, 2.05) is 6.08 Å². The van der Waals surface area contributed by atoms with Gasteiger partial charge in [0, 0.05) is 6.42 Å². The summed E-state index contributed by atoms with van der Waals surface area (Å²) in [4.78, 5) is 10.3. The Balaban J connectivity index is 3.53. The Morgan fingerprint density at radius 1 is 0.905 bits per heavy atom. The number of unbranched alkanes of at least 4 members (excludes halogenated alkanes) is 2. The predicted octanol–water partition coefficient (Wildman–Crippen LogP) is 5.59. The van der Waals surface area contributed by atoms with Crippen LogP contribution in [-0.2, 0) is 4.79 Å². The maximum absolute atomic E-state index is 10.3. The average Bonchev–Trinajstić information content (AvgIpc) is 2.46. The molecule has 0 fully saturated rings. The highest BCUT2D eigenvalue weighted by atomic mass is 16.4. The molecule has 0 bridgehead atoms. The van der Waals surface area contributed by atoms with Crippen LogP contribution in [0.2, 0.25) is 0 Å².